The molecule has 74 valence electrons. The van der Waals surface area contributed by atoms with Gasteiger partial charge in [-0.25, -0.2) is 4.39 Å². The van der Waals surface area contributed by atoms with Crippen LogP contribution in [-0.2, 0) is 11.2 Å². The molecule has 1 aliphatic rings. The number of aryl methyl sites for hydroxylation is 2. The lowest BCUT2D eigenvalue weighted by Crippen LogP contribution is -2.32. The van der Waals surface area contributed by atoms with Crippen LogP contribution in [0.15, 0.2) is 12.1 Å². The standard InChI is InChI=1S/C11H12FNO/c1-7-5-8-3-4-10(14)13(2)11(8)9(12)6-7/h5-6H,3-4H2,1-2H3. The Morgan fingerprint density at radius 1 is 1.36 bits per heavy atom. The highest BCUT2D eigenvalue weighted by Crippen LogP contribution is 2.30. The van der Waals surface area contributed by atoms with Crippen LogP contribution in [0.4, 0.5) is 10.1 Å². The minimum absolute atomic E-state index is 0.0137. The predicted molar refractivity (Wildman–Crippen MR) is 52.9 cm³/mol. The Kier molecular flexibility index (Phi) is 2.02. The molecule has 0 saturated carbocycles. The van der Waals surface area contributed by atoms with Crippen LogP contribution in [0.2, 0.25) is 0 Å². The fourth-order valence-corrected chi connectivity index (χ4v) is 1.91. The molecule has 2 nitrogen and oxygen atoms in total. The van der Waals surface area contributed by atoms with Gasteiger partial charge in [0, 0.05) is 13.5 Å². The number of fused-ring (bicyclic) bond motifs is 1. The third kappa shape index (κ3) is 1.29. The van der Waals surface area contributed by atoms with E-state index in [0.29, 0.717) is 18.5 Å². The number of nitrogens with zero attached hydrogens (tertiary/aromatic N) is 1. The van der Waals surface area contributed by atoms with E-state index >= 15 is 0 Å². The van der Waals surface area contributed by atoms with Crippen molar-refractivity contribution in [1.29, 1.82) is 0 Å². The van der Waals surface area contributed by atoms with E-state index in [9.17, 15) is 9.18 Å². The van der Waals surface area contributed by atoms with Crippen molar-refractivity contribution in [2.75, 3.05) is 11.9 Å². The molecule has 0 aromatic heterocycles. The molecule has 0 aliphatic carbocycles. The third-order valence-corrected chi connectivity index (χ3v) is 2.60. The van der Waals surface area contributed by atoms with Gasteiger partial charge in [-0.15, -0.1) is 0 Å². The second-order valence-corrected chi connectivity index (χ2v) is 3.71. The first-order valence-corrected chi connectivity index (χ1v) is 4.65. The van der Waals surface area contributed by atoms with Gasteiger partial charge in [-0.3, -0.25) is 4.79 Å². The summed E-state index contributed by atoms with van der Waals surface area (Å²) in [7, 11) is 1.62. The Balaban J connectivity index is 2.60. The topological polar surface area (TPSA) is 20.3 Å². The van der Waals surface area contributed by atoms with E-state index in [1.165, 1.54) is 11.0 Å². The molecule has 1 aromatic rings. The molecule has 0 atom stereocenters. The fraction of sp³-hybridized carbons (Fsp3) is 0.364. The van der Waals surface area contributed by atoms with Crippen molar-refractivity contribution in [3.8, 4) is 0 Å². The Morgan fingerprint density at radius 2 is 2.07 bits per heavy atom. The highest BCUT2D eigenvalue weighted by Gasteiger charge is 2.23. The number of anilines is 1. The summed E-state index contributed by atoms with van der Waals surface area (Å²) >= 11 is 0. The normalized spacial score (nSPS) is 15.6. The first-order chi connectivity index (χ1) is 6.59. The average molecular weight is 193 g/mol. The zero-order valence-corrected chi connectivity index (χ0v) is 8.30. The number of rotatable bonds is 0. The molecule has 0 bridgehead atoms. The number of hydrogen-bond acceptors (Lipinski definition) is 1. The van der Waals surface area contributed by atoms with Crippen molar-refractivity contribution in [1.82, 2.24) is 0 Å². The number of benzene rings is 1. The Hall–Kier alpha value is -1.38. The van der Waals surface area contributed by atoms with Gasteiger partial charge in [0.05, 0.1) is 5.69 Å². The highest BCUT2D eigenvalue weighted by molar-refractivity contribution is 5.96. The molecule has 2 rings (SSSR count). The maximum atomic E-state index is 13.6. The second kappa shape index (κ2) is 3.08. The van der Waals surface area contributed by atoms with Crippen molar-refractivity contribution < 1.29 is 9.18 Å². The molecule has 0 fully saturated rings. The van der Waals surface area contributed by atoms with Crippen LogP contribution in [0.3, 0.4) is 0 Å². The Bertz CT molecular complexity index is 401. The van der Waals surface area contributed by atoms with Gasteiger partial charge in [0.15, 0.2) is 0 Å². The van der Waals surface area contributed by atoms with Crippen LogP contribution < -0.4 is 4.90 Å². The van der Waals surface area contributed by atoms with Crippen LogP contribution in [-0.4, -0.2) is 13.0 Å². The first kappa shape index (κ1) is 9.19. The zero-order valence-electron chi connectivity index (χ0n) is 8.30. The molecule has 0 radical (unpaired) electrons. The molecule has 1 aliphatic heterocycles. The molecular formula is C11H12FNO. The largest absolute Gasteiger partial charge is 0.313 e. The minimum atomic E-state index is -0.296. The highest BCUT2D eigenvalue weighted by atomic mass is 19.1. The van der Waals surface area contributed by atoms with Crippen LogP contribution in [0.25, 0.3) is 0 Å². The van der Waals surface area contributed by atoms with Gasteiger partial charge in [0.1, 0.15) is 5.82 Å². The predicted octanol–water partition coefficient (Wildman–Crippen LogP) is 2.04. The van der Waals surface area contributed by atoms with E-state index in [2.05, 4.69) is 0 Å². The van der Waals surface area contributed by atoms with Crippen LogP contribution in [0.1, 0.15) is 17.5 Å². The number of hydrogen-bond donors (Lipinski definition) is 0. The molecule has 14 heavy (non-hydrogen) atoms. The molecule has 0 N–H and O–H groups in total. The lowest BCUT2D eigenvalue weighted by molar-refractivity contribution is -0.118. The van der Waals surface area contributed by atoms with Crippen LogP contribution in [0.5, 0.6) is 0 Å². The van der Waals surface area contributed by atoms with Crippen molar-refractivity contribution in [2.45, 2.75) is 19.8 Å². The van der Waals surface area contributed by atoms with Gasteiger partial charge in [-0.1, -0.05) is 6.07 Å². The van der Waals surface area contributed by atoms with E-state index in [1.807, 2.05) is 13.0 Å². The van der Waals surface area contributed by atoms with Gasteiger partial charge in [-0.05, 0) is 30.5 Å². The molecule has 3 heteroatoms. The Labute approximate surface area is 82.3 Å². The van der Waals surface area contributed by atoms with Gasteiger partial charge >= 0.3 is 0 Å². The lowest BCUT2D eigenvalue weighted by Gasteiger charge is -2.26. The summed E-state index contributed by atoms with van der Waals surface area (Å²) in [6.07, 6.45) is 1.13. The Morgan fingerprint density at radius 3 is 2.79 bits per heavy atom. The van der Waals surface area contributed by atoms with Crippen molar-refractivity contribution in [2.24, 2.45) is 0 Å². The lowest BCUT2D eigenvalue weighted by atomic mass is 9.99. The molecular weight excluding hydrogens is 181 g/mol. The van der Waals surface area contributed by atoms with E-state index in [-0.39, 0.29) is 11.7 Å². The molecule has 0 spiro atoms. The van der Waals surface area contributed by atoms with Gasteiger partial charge in [0.25, 0.3) is 0 Å². The summed E-state index contributed by atoms with van der Waals surface area (Å²) in [5.74, 6) is -0.309. The molecule has 0 unspecified atom stereocenters. The van der Waals surface area contributed by atoms with E-state index < -0.39 is 0 Å². The maximum Gasteiger partial charge on any atom is 0.227 e. The van der Waals surface area contributed by atoms with Crippen molar-refractivity contribution >= 4 is 11.6 Å². The van der Waals surface area contributed by atoms with Crippen LogP contribution in [0, 0.1) is 12.7 Å². The molecule has 1 amide bonds. The van der Waals surface area contributed by atoms with Crippen LogP contribution >= 0.6 is 0 Å². The van der Waals surface area contributed by atoms with Gasteiger partial charge < -0.3 is 4.90 Å². The number of carbonyl (C=O) groups is 1. The van der Waals surface area contributed by atoms with E-state index in [0.717, 1.165) is 11.1 Å². The number of amides is 1. The summed E-state index contributed by atoms with van der Waals surface area (Å²) in [6, 6.07) is 3.41. The van der Waals surface area contributed by atoms with Gasteiger partial charge in [0.2, 0.25) is 5.91 Å². The van der Waals surface area contributed by atoms with Gasteiger partial charge in [-0.2, -0.15) is 0 Å². The smallest absolute Gasteiger partial charge is 0.227 e. The van der Waals surface area contributed by atoms with E-state index in [1.54, 1.807) is 7.05 Å². The molecule has 1 heterocycles. The van der Waals surface area contributed by atoms with E-state index in [4.69, 9.17) is 0 Å². The first-order valence-electron chi connectivity index (χ1n) is 4.65. The summed E-state index contributed by atoms with van der Waals surface area (Å²) in [5.41, 5.74) is 2.29. The third-order valence-electron chi connectivity index (χ3n) is 2.60. The molecule has 1 aromatic carbocycles. The summed E-state index contributed by atoms with van der Waals surface area (Å²) in [6.45, 7) is 1.86. The number of carbonyl (C=O) groups excluding carboxylic acids is 1. The summed E-state index contributed by atoms with van der Waals surface area (Å²) in [4.78, 5) is 12.8. The monoisotopic (exact) mass is 193 g/mol. The SMILES string of the molecule is Cc1cc(F)c2c(c1)CCC(=O)N2C. The van der Waals surface area contributed by atoms with Crippen molar-refractivity contribution in [3.63, 3.8) is 0 Å². The quantitative estimate of drug-likeness (QED) is 0.617. The summed E-state index contributed by atoms with van der Waals surface area (Å²) in [5, 5.41) is 0. The fourth-order valence-electron chi connectivity index (χ4n) is 1.91. The number of halogens is 1. The molecule has 0 saturated heterocycles. The van der Waals surface area contributed by atoms with Crippen molar-refractivity contribution in [3.05, 3.63) is 29.1 Å². The average Bonchev–Trinajstić information content (AvgIpc) is 2.10. The minimum Gasteiger partial charge on any atom is -0.313 e. The summed E-state index contributed by atoms with van der Waals surface area (Å²) < 4.78 is 13.6. The maximum absolute atomic E-state index is 13.6. The second-order valence-electron chi connectivity index (χ2n) is 3.71. The zero-order chi connectivity index (χ0) is 10.3.